The van der Waals surface area contributed by atoms with Crippen LogP contribution in [0.25, 0.3) is 0 Å². The van der Waals surface area contributed by atoms with Gasteiger partial charge in [0.25, 0.3) is 0 Å². The van der Waals surface area contributed by atoms with E-state index < -0.39 is 46.5 Å². The third-order valence-corrected chi connectivity index (χ3v) is 10.2. The van der Waals surface area contributed by atoms with E-state index in [4.69, 9.17) is 0 Å². The Morgan fingerprint density at radius 3 is 0.804 bits per heavy atom. The topological polar surface area (TPSA) is 13.0 Å². The normalized spacial score (nSPS) is 15.0. The maximum absolute atomic E-state index is 15.5. The summed E-state index contributed by atoms with van der Waals surface area (Å²) in [5.41, 5.74) is 2.70. The number of aryl methyl sites for hydroxylation is 6. The van der Waals surface area contributed by atoms with Gasteiger partial charge in [0.15, 0.2) is 34.9 Å². The lowest BCUT2D eigenvalue weighted by Gasteiger charge is -2.34. The second-order valence-corrected chi connectivity index (χ2v) is 14.2. The van der Waals surface area contributed by atoms with E-state index in [1.807, 2.05) is 0 Å². The van der Waals surface area contributed by atoms with Gasteiger partial charge in [0.05, 0.1) is 22.7 Å². The van der Waals surface area contributed by atoms with Gasteiger partial charge in [0, 0.05) is 47.0 Å². The molecule has 0 aromatic heterocycles. The van der Waals surface area contributed by atoms with Crippen molar-refractivity contribution in [2.75, 3.05) is 19.6 Å². The first-order valence-corrected chi connectivity index (χ1v) is 17.5. The molecular weight excluding hydrogens is 736 g/mol. The molecular formula is C44H32F8N4. The summed E-state index contributed by atoms with van der Waals surface area (Å²) >= 11 is 0. The Bertz CT molecular complexity index is 2460. The molecule has 2 aliphatic rings. The Labute approximate surface area is 317 Å². The van der Waals surface area contributed by atoms with E-state index in [9.17, 15) is 8.78 Å². The predicted molar refractivity (Wildman–Crippen MR) is 202 cm³/mol. The van der Waals surface area contributed by atoms with Crippen molar-refractivity contribution in [3.05, 3.63) is 176 Å². The van der Waals surface area contributed by atoms with Crippen molar-refractivity contribution >= 4 is 45.5 Å². The fraction of sp³-hybridized carbons (Fsp3) is 0.136. The molecule has 0 bridgehead atoms. The number of anilines is 8. The molecule has 6 aromatic rings. The van der Waals surface area contributed by atoms with Crippen LogP contribution in [0.5, 0.6) is 0 Å². The summed E-state index contributed by atoms with van der Waals surface area (Å²) in [6.45, 7) is 9.23. The molecule has 4 nitrogen and oxygen atoms in total. The van der Waals surface area contributed by atoms with Crippen LogP contribution in [0, 0.1) is 88.1 Å². The van der Waals surface area contributed by atoms with Crippen LogP contribution in [0.4, 0.5) is 80.6 Å². The number of benzene rings is 6. The molecule has 0 atom stereocenters. The number of nitrogens with zero attached hydrogens (tertiary/aromatic N) is 4. The minimum absolute atomic E-state index is 0.0759. The fourth-order valence-corrected chi connectivity index (χ4v) is 7.51. The summed E-state index contributed by atoms with van der Waals surface area (Å²) in [6, 6.07) is 18.2. The Kier molecular flexibility index (Phi) is 8.63. The molecule has 12 heteroatoms. The largest absolute Gasteiger partial charge is 0.291 e. The second-order valence-electron chi connectivity index (χ2n) is 14.2. The first-order chi connectivity index (χ1) is 26.5. The van der Waals surface area contributed by atoms with Gasteiger partial charge in [-0.15, -0.1) is 0 Å². The van der Waals surface area contributed by atoms with Gasteiger partial charge in [-0.2, -0.15) is 0 Å². The smallest absolute Gasteiger partial charge is 0.166 e. The molecule has 8 rings (SSSR count). The zero-order valence-corrected chi connectivity index (χ0v) is 30.9. The summed E-state index contributed by atoms with van der Waals surface area (Å²) in [5, 5.41) is 0. The van der Waals surface area contributed by atoms with E-state index in [-0.39, 0.29) is 90.5 Å². The van der Waals surface area contributed by atoms with E-state index >= 15 is 26.3 Å². The van der Waals surface area contributed by atoms with Crippen LogP contribution in [0.2, 0.25) is 0 Å². The predicted octanol–water partition coefficient (Wildman–Crippen LogP) is 13.1. The number of hydrogen-bond donors (Lipinski definition) is 0. The molecule has 2 heterocycles. The highest BCUT2D eigenvalue weighted by Crippen LogP contribution is 2.58. The van der Waals surface area contributed by atoms with Crippen LogP contribution in [0.1, 0.15) is 33.4 Å². The highest BCUT2D eigenvalue weighted by Gasteiger charge is 2.46. The Morgan fingerprint density at radius 1 is 0.286 bits per heavy atom. The maximum Gasteiger partial charge on any atom is 0.166 e. The van der Waals surface area contributed by atoms with Crippen LogP contribution >= 0.6 is 0 Å². The molecule has 0 N–H and O–H groups in total. The second kappa shape index (κ2) is 13.2. The summed E-state index contributed by atoms with van der Waals surface area (Å²) in [7, 11) is 0. The minimum Gasteiger partial charge on any atom is -0.291 e. The van der Waals surface area contributed by atoms with Gasteiger partial charge in [-0.25, -0.2) is 35.1 Å². The van der Waals surface area contributed by atoms with Gasteiger partial charge < -0.3 is 0 Å². The summed E-state index contributed by atoms with van der Waals surface area (Å²) in [4.78, 5) is 6.16. The van der Waals surface area contributed by atoms with E-state index in [1.165, 1.54) is 84.3 Å². The maximum atomic E-state index is 15.5. The molecule has 0 radical (unpaired) electrons. The molecule has 284 valence electrons. The molecule has 6 aromatic carbocycles. The van der Waals surface area contributed by atoms with Crippen LogP contribution in [-0.4, -0.2) is 0 Å². The Morgan fingerprint density at radius 2 is 0.536 bits per heavy atom. The lowest BCUT2D eigenvalue weighted by atomic mass is 10.1. The fourth-order valence-electron chi connectivity index (χ4n) is 7.51. The van der Waals surface area contributed by atoms with Crippen molar-refractivity contribution in [1.29, 1.82) is 0 Å². The monoisotopic (exact) mass is 768 g/mol. The molecule has 0 saturated heterocycles. The highest BCUT2D eigenvalue weighted by atomic mass is 19.2. The average Bonchev–Trinajstić information content (AvgIpc) is 3.63. The molecule has 0 saturated carbocycles. The average molecular weight is 769 g/mol. The quantitative estimate of drug-likeness (QED) is 0.166. The number of rotatable bonds is 4. The van der Waals surface area contributed by atoms with Crippen LogP contribution < -0.4 is 19.6 Å². The van der Waals surface area contributed by atoms with Crippen molar-refractivity contribution in [2.24, 2.45) is 0 Å². The zero-order chi connectivity index (χ0) is 40.1. The molecule has 0 amide bonds. The van der Waals surface area contributed by atoms with Gasteiger partial charge >= 0.3 is 0 Å². The summed E-state index contributed by atoms with van der Waals surface area (Å²) in [6.07, 6.45) is 0. The number of halogens is 8. The van der Waals surface area contributed by atoms with E-state index in [1.54, 1.807) is 37.5 Å². The van der Waals surface area contributed by atoms with Crippen LogP contribution in [-0.2, 0) is 0 Å². The van der Waals surface area contributed by atoms with Crippen molar-refractivity contribution in [1.82, 2.24) is 0 Å². The van der Waals surface area contributed by atoms with Gasteiger partial charge in [0.1, 0.15) is 23.3 Å². The molecule has 0 fully saturated rings. The van der Waals surface area contributed by atoms with E-state index in [0.717, 1.165) is 24.3 Å². The summed E-state index contributed by atoms with van der Waals surface area (Å²) in [5.74, 6) is -6.77. The lowest BCUT2D eigenvalue weighted by Crippen LogP contribution is -2.33. The third-order valence-electron chi connectivity index (χ3n) is 10.2. The lowest BCUT2D eigenvalue weighted by molar-refractivity contribution is 0.509. The van der Waals surface area contributed by atoms with Crippen molar-refractivity contribution in [3.8, 4) is 0 Å². The third kappa shape index (κ3) is 5.65. The van der Waals surface area contributed by atoms with Gasteiger partial charge in [-0.3, -0.25) is 19.6 Å². The molecule has 0 unspecified atom stereocenters. The van der Waals surface area contributed by atoms with Crippen molar-refractivity contribution in [2.45, 2.75) is 41.5 Å². The summed E-state index contributed by atoms with van der Waals surface area (Å²) < 4.78 is 122. The highest BCUT2D eigenvalue weighted by molar-refractivity contribution is 6.00. The minimum atomic E-state index is -1.21. The van der Waals surface area contributed by atoms with E-state index in [0.29, 0.717) is 0 Å². The van der Waals surface area contributed by atoms with Gasteiger partial charge in [0.2, 0.25) is 0 Å². The van der Waals surface area contributed by atoms with Gasteiger partial charge in [-0.05, 0) is 136 Å². The van der Waals surface area contributed by atoms with E-state index in [2.05, 4.69) is 0 Å². The standard InChI is InChI=1S/C44H32F8N4/c1-21-11-27(7-9-31(21)45)53-37-17-33(47)35(49)19-39(37)55(29-13-23(3)41(51)24(4)14-29)43(53)44-54(28-8-10-32(46)22(2)12-28)38-18-34(48)36(50)20-40(38)56(44)30-15-25(5)42(52)26(6)16-30/h7-20H,1-6H3/b44-43+. The van der Waals surface area contributed by atoms with Crippen LogP contribution in [0.15, 0.2) is 96.6 Å². The Hall–Kier alpha value is -6.30. The van der Waals surface area contributed by atoms with Crippen molar-refractivity contribution in [3.63, 3.8) is 0 Å². The first kappa shape index (κ1) is 36.7. The first-order valence-electron chi connectivity index (χ1n) is 17.5. The molecule has 56 heavy (non-hydrogen) atoms. The molecule has 0 aliphatic carbocycles. The van der Waals surface area contributed by atoms with Crippen LogP contribution in [0.3, 0.4) is 0 Å². The van der Waals surface area contributed by atoms with Crippen molar-refractivity contribution < 1.29 is 35.1 Å². The number of hydrogen-bond acceptors (Lipinski definition) is 4. The zero-order valence-electron chi connectivity index (χ0n) is 30.9. The number of fused-ring (bicyclic) bond motifs is 2. The van der Waals surface area contributed by atoms with Gasteiger partial charge in [-0.1, -0.05) is 0 Å². The molecule has 0 spiro atoms. The Balaban J connectivity index is 1.61. The SMILES string of the molecule is Cc1cc(N2/C(=C3/N(c4ccc(F)c(C)c4)c4cc(F)c(F)cc4N3c3cc(C)c(F)c(C)c3)N(c3cc(C)c(F)c(C)c3)c3cc(F)c(F)cc32)ccc1F. The molecule has 2 aliphatic heterocycles.